The molecule has 2 rings (SSSR count). The molecule has 1 fully saturated rings. The average Bonchev–Trinajstić information content (AvgIpc) is 2.37. The molecule has 0 bridgehead atoms. The van der Waals surface area contributed by atoms with Gasteiger partial charge in [0.15, 0.2) is 5.82 Å². The van der Waals surface area contributed by atoms with Gasteiger partial charge >= 0.3 is 0 Å². The molecule has 0 spiro atoms. The molecule has 1 saturated heterocycles. The third-order valence-corrected chi connectivity index (χ3v) is 3.06. The van der Waals surface area contributed by atoms with Crippen molar-refractivity contribution in [1.29, 1.82) is 0 Å². The standard InChI is InChI=1S/C13H22N6O/c1-10(20)18-5-7-19(8-6-18)12-15-11(9-14-17-12)16-13(2,3)4/h9H,5-8H2,1-4H3,(H,15,16,17). The second-order valence-electron chi connectivity index (χ2n) is 6.01. The zero-order chi connectivity index (χ0) is 14.8. The molecule has 1 aliphatic rings. The highest BCUT2D eigenvalue weighted by Crippen LogP contribution is 2.15. The van der Waals surface area contributed by atoms with Gasteiger partial charge in [0.1, 0.15) is 0 Å². The molecule has 20 heavy (non-hydrogen) atoms. The fraction of sp³-hybridized carbons (Fsp3) is 0.692. The second-order valence-corrected chi connectivity index (χ2v) is 6.01. The topological polar surface area (TPSA) is 74.2 Å². The van der Waals surface area contributed by atoms with Crippen LogP contribution in [-0.2, 0) is 4.79 Å². The predicted octanol–water partition coefficient (Wildman–Crippen LogP) is 0.750. The summed E-state index contributed by atoms with van der Waals surface area (Å²) in [4.78, 5) is 19.7. The van der Waals surface area contributed by atoms with E-state index in [2.05, 4.69) is 46.2 Å². The molecule has 110 valence electrons. The normalized spacial score (nSPS) is 16.2. The van der Waals surface area contributed by atoms with Gasteiger partial charge in [-0.1, -0.05) is 0 Å². The molecule has 0 aromatic carbocycles. The quantitative estimate of drug-likeness (QED) is 0.860. The Hall–Kier alpha value is -1.92. The molecular weight excluding hydrogens is 256 g/mol. The molecule has 1 aromatic heterocycles. The van der Waals surface area contributed by atoms with Gasteiger partial charge in [0.2, 0.25) is 11.9 Å². The molecule has 1 N–H and O–H groups in total. The monoisotopic (exact) mass is 278 g/mol. The van der Waals surface area contributed by atoms with Crippen molar-refractivity contribution >= 4 is 17.7 Å². The smallest absolute Gasteiger partial charge is 0.247 e. The van der Waals surface area contributed by atoms with Gasteiger partial charge in [0, 0.05) is 38.6 Å². The number of hydrogen-bond acceptors (Lipinski definition) is 6. The van der Waals surface area contributed by atoms with Crippen LogP contribution in [0, 0.1) is 0 Å². The van der Waals surface area contributed by atoms with Gasteiger partial charge in [0.25, 0.3) is 0 Å². The van der Waals surface area contributed by atoms with Crippen LogP contribution >= 0.6 is 0 Å². The van der Waals surface area contributed by atoms with E-state index in [0.29, 0.717) is 19.0 Å². The van der Waals surface area contributed by atoms with Crippen LogP contribution in [0.25, 0.3) is 0 Å². The van der Waals surface area contributed by atoms with Crippen molar-refractivity contribution in [3.05, 3.63) is 6.20 Å². The lowest BCUT2D eigenvalue weighted by Crippen LogP contribution is -2.48. The Balaban J connectivity index is 2.03. The van der Waals surface area contributed by atoms with E-state index in [1.807, 2.05) is 4.90 Å². The highest BCUT2D eigenvalue weighted by molar-refractivity contribution is 5.73. The summed E-state index contributed by atoms with van der Waals surface area (Å²) in [5.74, 6) is 1.45. The lowest BCUT2D eigenvalue weighted by Gasteiger charge is -2.34. The van der Waals surface area contributed by atoms with Crippen LogP contribution in [-0.4, -0.2) is 57.7 Å². The second kappa shape index (κ2) is 5.60. The molecule has 7 nitrogen and oxygen atoms in total. The Kier molecular flexibility index (Phi) is 4.06. The first-order chi connectivity index (χ1) is 9.35. The van der Waals surface area contributed by atoms with E-state index in [-0.39, 0.29) is 11.4 Å². The van der Waals surface area contributed by atoms with Crippen molar-refractivity contribution in [3.8, 4) is 0 Å². The zero-order valence-corrected chi connectivity index (χ0v) is 12.6. The molecule has 7 heteroatoms. The minimum atomic E-state index is -0.0688. The maximum atomic E-state index is 11.3. The SMILES string of the molecule is CC(=O)N1CCN(c2nncc(NC(C)(C)C)n2)CC1. The number of aromatic nitrogens is 3. The van der Waals surface area contributed by atoms with Crippen molar-refractivity contribution in [1.82, 2.24) is 20.1 Å². The lowest BCUT2D eigenvalue weighted by molar-refractivity contribution is -0.129. The number of anilines is 2. The van der Waals surface area contributed by atoms with Gasteiger partial charge in [-0.05, 0) is 20.8 Å². The van der Waals surface area contributed by atoms with Crippen LogP contribution in [0.4, 0.5) is 11.8 Å². The number of hydrogen-bond donors (Lipinski definition) is 1. The van der Waals surface area contributed by atoms with Gasteiger partial charge in [-0.2, -0.15) is 10.1 Å². The Labute approximate surface area is 119 Å². The maximum Gasteiger partial charge on any atom is 0.247 e. The van der Waals surface area contributed by atoms with E-state index in [1.165, 1.54) is 0 Å². The van der Waals surface area contributed by atoms with Crippen molar-refractivity contribution in [3.63, 3.8) is 0 Å². The number of carbonyl (C=O) groups excluding carboxylic acids is 1. The minimum Gasteiger partial charge on any atom is -0.364 e. The Morgan fingerprint density at radius 3 is 2.45 bits per heavy atom. The molecule has 1 aromatic rings. The van der Waals surface area contributed by atoms with Crippen LogP contribution in [0.1, 0.15) is 27.7 Å². The summed E-state index contributed by atoms with van der Waals surface area (Å²) in [6.07, 6.45) is 1.63. The molecule has 0 unspecified atom stereocenters. The minimum absolute atomic E-state index is 0.0688. The molecule has 0 radical (unpaired) electrons. The summed E-state index contributed by atoms with van der Waals surface area (Å²) >= 11 is 0. The van der Waals surface area contributed by atoms with Crippen LogP contribution in [0.15, 0.2) is 6.20 Å². The summed E-state index contributed by atoms with van der Waals surface area (Å²) in [5, 5.41) is 11.4. The number of carbonyl (C=O) groups is 1. The zero-order valence-electron chi connectivity index (χ0n) is 12.6. The first-order valence-corrected chi connectivity index (χ1v) is 6.83. The van der Waals surface area contributed by atoms with Crippen molar-refractivity contribution < 1.29 is 4.79 Å². The van der Waals surface area contributed by atoms with Crippen LogP contribution in [0.5, 0.6) is 0 Å². The van der Waals surface area contributed by atoms with Gasteiger partial charge in [-0.15, -0.1) is 5.10 Å². The fourth-order valence-corrected chi connectivity index (χ4v) is 2.09. The number of nitrogens with zero attached hydrogens (tertiary/aromatic N) is 5. The predicted molar refractivity (Wildman–Crippen MR) is 77.7 cm³/mol. The van der Waals surface area contributed by atoms with E-state index >= 15 is 0 Å². The van der Waals surface area contributed by atoms with Gasteiger partial charge in [-0.25, -0.2) is 0 Å². The summed E-state index contributed by atoms with van der Waals surface area (Å²) in [6.45, 7) is 10.7. The number of amides is 1. The van der Waals surface area contributed by atoms with Gasteiger partial charge < -0.3 is 15.1 Å². The summed E-state index contributed by atoms with van der Waals surface area (Å²) in [5.41, 5.74) is -0.0688. The summed E-state index contributed by atoms with van der Waals surface area (Å²) in [6, 6.07) is 0. The Bertz CT molecular complexity index is 476. The molecular formula is C13H22N6O. The highest BCUT2D eigenvalue weighted by Gasteiger charge is 2.21. The highest BCUT2D eigenvalue weighted by atomic mass is 16.2. The van der Waals surface area contributed by atoms with Crippen molar-refractivity contribution in [2.75, 3.05) is 36.4 Å². The third kappa shape index (κ3) is 3.79. The molecule has 1 aliphatic heterocycles. The lowest BCUT2D eigenvalue weighted by atomic mass is 10.1. The Morgan fingerprint density at radius 2 is 1.90 bits per heavy atom. The third-order valence-electron chi connectivity index (χ3n) is 3.06. The summed E-state index contributed by atoms with van der Waals surface area (Å²) in [7, 11) is 0. The van der Waals surface area contributed by atoms with E-state index in [0.717, 1.165) is 18.9 Å². The maximum absolute atomic E-state index is 11.3. The van der Waals surface area contributed by atoms with Gasteiger partial charge in [-0.3, -0.25) is 4.79 Å². The molecule has 0 atom stereocenters. The van der Waals surface area contributed by atoms with E-state index < -0.39 is 0 Å². The first-order valence-electron chi connectivity index (χ1n) is 6.83. The van der Waals surface area contributed by atoms with E-state index in [4.69, 9.17) is 0 Å². The summed E-state index contributed by atoms with van der Waals surface area (Å²) < 4.78 is 0. The van der Waals surface area contributed by atoms with Gasteiger partial charge in [0.05, 0.1) is 6.20 Å². The average molecular weight is 278 g/mol. The Morgan fingerprint density at radius 1 is 1.25 bits per heavy atom. The first kappa shape index (κ1) is 14.5. The van der Waals surface area contributed by atoms with Crippen LogP contribution in [0.2, 0.25) is 0 Å². The number of piperazine rings is 1. The molecule has 2 heterocycles. The van der Waals surface area contributed by atoms with Crippen molar-refractivity contribution in [2.45, 2.75) is 33.2 Å². The van der Waals surface area contributed by atoms with E-state index in [1.54, 1.807) is 13.1 Å². The molecule has 1 amide bonds. The number of nitrogens with one attached hydrogen (secondary N) is 1. The van der Waals surface area contributed by atoms with Crippen LogP contribution < -0.4 is 10.2 Å². The van der Waals surface area contributed by atoms with Crippen LogP contribution in [0.3, 0.4) is 0 Å². The molecule has 0 saturated carbocycles. The largest absolute Gasteiger partial charge is 0.364 e. The molecule has 0 aliphatic carbocycles. The number of rotatable bonds is 2. The fourth-order valence-electron chi connectivity index (χ4n) is 2.09. The van der Waals surface area contributed by atoms with Crippen molar-refractivity contribution in [2.24, 2.45) is 0 Å². The van der Waals surface area contributed by atoms with E-state index in [9.17, 15) is 4.79 Å².